The van der Waals surface area contributed by atoms with E-state index < -0.39 is 0 Å². The quantitative estimate of drug-likeness (QED) is 0.842. The van der Waals surface area contributed by atoms with Crippen LogP contribution in [-0.4, -0.2) is 24.9 Å². The van der Waals surface area contributed by atoms with Crippen molar-refractivity contribution in [1.29, 1.82) is 0 Å². The van der Waals surface area contributed by atoms with Crippen molar-refractivity contribution in [3.05, 3.63) is 28.2 Å². The topological polar surface area (TPSA) is 49.4 Å². The summed E-state index contributed by atoms with van der Waals surface area (Å²) in [5.74, 6) is -0.202. The maximum absolute atomic E-state index is 11.7. The van der Waals surface area contributed by atoms with Gasteiger partial charge in [-0.2, -0.15) is 0 Å². The monoisotopic (exact) mass is 282 g/mol. The van der Waals surface area contributed by atoms with E-state index in [1.807, 2.05) is 25.1 Å². The Hall–Kier alpha value is -1.36. The zero-order chi connectivity index (χ0) is 11.7. The molecule has 1 saturated heterocycles. The van der Waals surface area contributed by atoms with Gasteiger partial charge in [-0.1, -0.05) is 15.9 Å². The normalized spacial score (nSPS) is 16.2. The number of benzene rings is 1. The van der Waals surface area contributed by atoms with Gasteiger partial charge in [0.1, 0.15) is 6.54 Å². The summed E-state index contributed by atoms with van der Waals surface area (Å²) < 4.78 is 0.961. The van der Waals surface area contributed by atoms with Crippen molar-refractivity contribution in [2.45, 2.75) is 6.92 Å². The lowest BCUT2D eigenvalue weighted by molar-refractivity contribution is -0.128. The lowest BCUT2D eigenvalue weighted by Gasteiger charge is -2.28. The average Bonchev–Trinajstić information content (AvgIpc) is 2.22. The highest BCUT2D eigenvalue weighted by molar-refractivity contribution is 9.10. The highest BCUT2D eigenvalue weighted by Gasteiger charge is 2.25. The molecule has 1 heterocycles. The highest BCUT2D eigenvalue weighted by atomic mass is 79.9. The molecule has 0 saturated carbocycles. The molecule has 1 aromatic carbocycles. The first-order valence-electron chi connectivity index (χ1n) is 4.91. The molecular weight excluding hydrogens is 272 g/mol. The molecule has 4 nitrogen and oxygen atoms in total. The molecule has 0 bridgehead atoms. The molecule has 0 radical (unpaired) electrons. The molecule has 5 heteroatoms. The smallest absolute Gasteiger partial charge is 0.246 e. The van der Waals surface area contributed by atoms with E-state index in [-0.39, 0.29) is 24.9 Å². The van der Waals surface area contributed by atoms with Gasteiger partial charge < -0.3 is 10.2 Å². The van der Waals surface area contributed by atoms with Crippen LogP contribution in [0.4, 0.5) is 5.69 Å². The van der Waals surface area contributed by atoms with E-state index in [2.05, 4.69) is 21.2 Å². The molecule has 0 atom stereocenters. The average molecular weight is 283 g/mol. The second kappa shape index (κ2) is 4.25. The molecule has 1 fully saturated rings. The minimum atomic E-state index is -0.123. The number of aryl methyl sites for hydroxylation is 1. The van der Waals surface area contributed by atoms with E-state index in [1.54, 1.807) is 0 Å². The number of hydrogen-bond donors (Lipinski definition) is 1. The summed E-state index contributed by atoms with van der Waals surface area (Å²) in [7, 11) is 0. The molecule has 0 aliphatic carbocycles. The highest BCUT2D eigenvalue weighted by Crippen LogP contribution is 2.24. The Kier molecular flexibility index (Phi) is 2.96. The summed E-state index contributed by atoms with van der Waals surface area (Å²) in [6, 6.07) is 5.63. The number of piperazine rings is 1. The van der Waals surface area contributed by atoms with Crippen LogP contribution < -0.4 is 10.2 Å². The summed E-state index contributed by atoms with van der Waals surface area (Å²) in [4.78, 5) is 24.4. The standard InChI is InChI=1S/C11H11BrN2O2/c1-7-4-8(12)2-3-9(7)14-6-10(15)13-5-11(14)16/h2-4H,5-6H2,1H3,(H,13,15). The van der Waals surface area contributed by atoms with Crippen molar-refractivity contribution in [3.63, 3.8) is 0 Å². The lowest BCUT2D eigenvalue weighted by Crippen LogP contribution is -2.51. The largest absolute Gasteiger partial charge is 0.345 e. The van der Waals surface area contributed by atoms with E-state index in [1.165, 1.54) is 4.90 Å². The number of halogens is 1. The molecule has 16 heavy (non-hydrogen) atoms. The Morgan fingerprint density at radius 3 is 2.81 bits per heavy atom. The summed E-state index contributed by atoms with van der Waals surface area (Å²) >= 11 is 3.36. The van der Waals surface area contributed by atoms with Crippen LogP contribution >= 0.6 is 15.9 Å². The maximum Gasteiger partial charge on any atom is 0.246 e. The van der Waals surface area contributed by atoms with Gasteiger partial charge in [-0.05, 0) is 30.7 Å². The van der Waals surface area contributed by atoms with E-state index in [0.717, 1.165) is 15.7 Å². The molecule has 1 aliphatic rings. The first kappa shape index (κ1) is 11.1. The number of rotatable bonds is 1. The summed E-state index contributed by atoms with van der Waals surface area (Å²) in [5, 5.41) is 2.52. The molecule has 84 valence electrons. The van der Waals surface area contributed by atoms with E-state index in [9.17, 15) is 9.59 Å². The van der Waals surface area contributed by atoms with Gasteiger partial charge in [0.15, 0.2) is 0 Å². The Balaban J connectivity index is 2.35. The number of nitrogens with zero attached hydrogens (tertiary/aromatic N) is 1. The summed E-state index contributed by atoms with van der Waals surface area (Å²) in [6.07, 6.45) is 0. The van der Waals surface area contributed by atoms with Crippen molar-refractivity contribution in [3.8, 4) is 0 Å². The first-order valence-corrected chi connectivity index (χ1v) is 5.70. The Morgan fingerprint density at radius 2 is 2.12 bits per heavy atom. The molecular formula is C11H11BrN2O2. The van der Waals surface area contributed by atoms with Crippen LogP contribution in [0, 0.1) is 6.92 Å². The van der Waals surface area contributed by atoms with Gasteiger partial charge in [0.25, 0.3) is 0 Å². The lowest BCUT2D eigenvalue weighted by atomic mass is 10.1. The van der Waals surface area contributed by atoms with Crippen LogP contribution in [0.5, 0.6) is 0 Å². The molecule has 0 aromatic heterocycles. The Bertz CT molecular complexity index is 459. The van der Waals surface area contributed by atoms with Crippen molar-refractivity contribution in [2.75, 3.05) is 18.0 Å². The third-order valence-electron chi connectivity index (χ3n) is 2.49. The van der Waals surface area contributed by atoms with Gasteiger partial charge in [-0.25, -0.2) is 0 Å². The van der Waals surface area contributed by atoms with Gasteiger partial charge in [0, 0.05) is 10.2 Å². The van der Waals surface area contributed by atoms with Crippen LogP contribution in [0.3, 0.4) is 0 Å². The summed E-state index contributed by atoms with van der Waals surface area (Å²) in [5.41, 5.74) is 1.76. The first-order chi connectivity index (χ1) is 7.58. The van der Waals surface area contributed by atoms with Crippen LogP contribution in [0.2, 0.25) is 0 Å². The molecule has 0 spiro atoms. The SMILES string of the molecule is Cc1cc(Br)ccc1N1CC(=O)NCC1=O. The van der Waals surface area contributed by atoms with Crippen molar-refractivity contribution >= 4 is 33.4 Å². The second-order valence-electron chi connectivity index (χ2n) is 3.69. The van der Waals surface area contributed by atoms with Gasteiger partial charge in [-0.15, -0.1) is 0 Å². The van der Waals surface area contributed by atoms with E-state index in [4.69, 9.17) is 0 Å². The second-order valence-corrected chi connectivity index (χ2v) is 4.60. The predicted octanol–water partition coefficient (Wildman–Crippen LogP) is 1.22. The number of hydrogen-bond acceptors (Lipinski definition) is 2. The molecule has 2 rings (SSSR count). The van der Waals surface area contributed by atoms with Crippen LogP contribution in [0.25, 0.3) is 0 Å². The molecule has 0 unspecified atom stereocenters. The van der Waals surface area contributed by atoms with Crippen molar-refractivity contribution in [1.82, 2.24) is 5.32 Å². The minimum absolute atomic E-state index is 0.0777. The van der Waals surface area contributed by atoms with Crippen molar-refractivity contribution in [2.24, 2.45) is 0 Å². The zero-order valence-electron chi connectivity index (χ0n) is 8.79. The fourth-order valence-corrected chi connectivity index (χ4v) is 2.17. The molecule has 1 N–H and O–H groups in total. The van der Waals surface area contributed by atoms with Gasteiger partial charge in [0.2, 0.25) is 11.8 Å². The number of nitrogens with one attached hydrogen (secondary N) is 1. The third-order valence-corrected chi connectivity index (χ3v) is 2.98. The zero-order valence-corrected chi connectivity index (χ0v) is 10.4. The van der Waals surface area contributed by atoms with Crippen LogP contribution in [0.1, 0.15) is 5.56 Å². The van der Waals surface area contributed by atoms with E-state index >= 15 is 0 Å². The van der Waals surface area contributed by atoms with Gasteiger partial charge >= 0.3 is 0 Å². The number of carbonyl (C=O) groups excluding carboxylic acids is 2. The maximum atomic E-state index is 11.7. The number of carbonyl (C=O) groups is 2. The molecule has 1 aliphatic heterocycles. The van der Waals surface area contributed by atoms with Gasteiger partial charge in [-0.3, -0.25) is 9.59 Å². The van der Waals surface area contributed by atoms with Crippen LogP contribution in [-0.2, 0) is 9.59 Å². The summed E-state index contributed by atoms with van der Waals surface area (Å²) in [6.45, 7) is 2.09. The van der Waals surface area contributed by atoms with Gasteiger partial charge in [0.05, 0.1) is 6.54 Å². The van der Waals surface area contributed by atoms with Crippen LogP contribution in [0.15, 0.2) is 22.7 Å². The third kappa shape index (κ3) is 2.09. The van der Waals surface area contributed by atoms with Crippen molar-refractivity contribution < 1.29 is 9.59 Å². The molecule has 1 aromatic rings. The fourth-order valence-electron chi connectivity index (χ4n) is 1.70. The Labute approximate surface area is 102 Å². The number of anilines is 1. The minimum Gasteiger partial charge on any atom is -0.345 e. The fraction of sp³-hybridized carbons (Fsp3) is 0.273. The number of amides is 2. The Morgan fingerprint density at radius 1 is 1.38 bits per heavy atom. The van der Waals surface area contributed by atoms with E-state index in [0.29, 0.717) is 0 Å². The predicted molar refractivity (Wildman–Crippen MR) is 64.2 cm³/mol. The molecule has 2 amide bonds.